The summed E-state index contributed by atoms with van der Waals surface area (Å²) in [7, 11) is 0. The molecule has 4 nitrogen and oxygen atoms in total. The summed E-state index contributed by atoms with van der Waals surface area (Å²) in [6, 6.07) is 5.84. The van der Waals surface area contributed by atoms with Gasteiger partial charge in [-0.05, 0) is 50.7 Å². The van der Waals surface area contributed by atoms with Gasteiger partial charge in [-0.3, -0.25) is 4.98 Å². The third-order valence-electron chi connectivity index (χ3n) is 4.87. The van der Waals surface area contributed by atoms with Crippen LogP contribution in [-0.4, -0.2) is 10.9 Å². The molecule has 0 radical (unpaired) electrons. The van der Waals surface area contributed by atoms with E-state index >= 15 is 0 Å². The fourth-order valence-electron chi connectivity index (χ4n) is 3.19. The Hall–Kier alpha value is -1.94. The van der Waals surface area contributed by atoms with E-state index < -0.39 is 0 Å². The summed E-state index contributed by atoms with van der Waals surface area (Å²) in [6.07, 6.45) is 25.6. The van der Waals surface area contributed by atoms with Crippen LogP contribution in [-0.2, 0) is 4.84 Å². The molecule has 0 aromatic carbocycles. The first kappa shape index (κ1) is 22.4. The molecule has 0 bridgehead atoms. The molecule has 0 amide bonds. The van der Waals surface area contributed by atoms with Crippen molar-refractivity contribution in [1.82, 2.24) is 10.5 Å². The number of hydrogen-bond acceptors (Lipinski definition) is 4. The van der Waals surface area contributed by atoms with Gasteiger partial charge in [0.1, 0.15) is 0 Å². The molecule has 1 unspecified atom stereocenters. The van der Waals surface area contributed by atoms with Crippen molar-refractivity contribution < 1.29 is 4.84 Å². The Morgan fingerprint density at radius 3 is 2.43 bits per heavy atom. The number of allylic oxidation sites excluding steroid dienone is 4. The van der Waals surface area contributed by atoms with Crippen LogP contribution in [0.25, 0.3) is 0 Å². The van der Waals surface area contributed by atoms with Crippen molar-refractivity contribution in [3.05, 3.63) is 54.4 Å². The van der Waals surface area contributed by atoms with Gasteiger partial charge >= 0.3 is 0 Å². The lowest BCUT2D eigenvalue weighted by Crippen LogP contribution is -2.15. The Morgan fingerprint density at radius 2 is 1.68 bits per heavy atom. The standard InChI is InChI=1S/C24H37N3O/c1-2-3-4-5-6-7-8-9-10-11-12-13-14-15-16-20-23-26-24(27-28-23)22-19-17-18-21-25-22/h6-7,9-10,17-19,21,24,27H,2-5,8,11-16,20H2,1H3/b7-6+,10-9+. The molecule has 1 aliphatic heterocycles. The summed E-state index contributed by atoms with van der Waals surface area (Å²) in [5, 5.41) is 0. The van der Waals surface area contributed by atoms with Crippen LogP contribution in [0.3, 0.4) is 0 Å². The van der Waals surface area contributed by atoms with Crippen LogP contribution in [0, 0.1) is 0 Å². The molecule has 1 N–H and O–H groups in total. The Labute approximate surface area is 171 Å². The van der Waals surface area contributed by atoms with E-state index in [1.165, 1.54) is 57.8 Å². The highest BCUT2D eigenvalue weighted by Crippen LogP contribution is 2.18. The Bertz CT molecular complexity index is 595. The lowest BCUT2D eigenvalue weighted by molar-refractivity contribution is 0.173. The molecule has 0 fully saturated rings. The van der Waals surface area contributed by atoms with Gasteiger partial charge in [0.05, 0.1) is 5.69 Å². The average Bonchev–Trinajstić information content (AvgIpc) is 3.20. The summed E-state index contributed by atoms with van der Waals surface area (Å²) < 4.78 is 0. The van der Waals surface area contributed by atoms with Gasteiger partial charge in [0.2, 0.25) is 5.90 Å². The smallest absolute Gasteiger partial charge is 0.211 e. The minimum atomic E-state index is -0.158. The lowest BCUT2D eigenvalue weighted by atomic mass is 10.1. The first-order chi connectivity index (χ1) is 13.9. The van der Waals surface area contributed by atoms with Crippen LogP contribution in [0.2, 0.25) is 0 Å². The maximum atomic E-state index is 5.48. The second-order valence-corrected chi connectivity index (χ2v) is 7.38. The van der Waals surface area contributed by atoms with Crippen LogP contribution in [0.5, 0.6) is 0 Å². The predicted octanol–water partition coefficient (Wildman–Crippen LogP) is 6.83. The van der Waals surface area contributed by atoms with E-state index in [4.69, 9.17) is 4.84 Å². The highest BCUT2D eigenvalue weighted by molar-refractivity contribution is 5.77. The molecule has 28 heavy (non-hydrogen) atoms. The van der Waals surface area contributed by atoms with Gasteiger partial charge < -0.3 is 4.84 Å². The van der Waals surface area contributed by atoms with Gasteiger partial charge in [-0.2, -0.15) is 0 Å². The monoisotopic (exact) mass is 383 g/mol. The van der Waals surface area contributed by atoms with E-state index in [1.54, 1.807) is 6.20 Å². The molecular weight excluding hydrogens is 346 g/mol. The summed E-state index contributed by atoms with van der Waals surface area (Å²) >= 11 is 0. The summed E-state index contributed by atoms with van der Waals surface area (Å²) in [5.74, 6) is 0.807. The number of nitrogens with one attached hydrogen (secondary N) is 1. The van der Waals surface area contributed by atoms with Crippen molar-refractivity contribution in [2.24, 2.45) is 4.99 Å². The fraction of sp³-hybridized carbons (Fsp3) is 0.583. The summed E-state index contributed by atoms with van der Waals surface area (Å²) in [5.41, 5.74) is 3.85. The topological polar surface area (TPSA) is 46.5 Å². The van der Waals surface area contributed by atoms with Gasteiger partial charge in [0.15, 0.2) is 6.17 Å². The molecule has 0 saturated heterocycles. The Balaban J connectivity index is 1.41. The number of aromatic nitrogens is 1. The van der Waals surface area contributed by atoms with Crippen molar-refractivity contribution in [2.45, 2.75) is 90.1 Å². The number of rotatable bonds is 15. The average molecular weight is 384 g/mol. The van der Waals surface area contributed by atoms with Crippen molar-refractivity contribution in [3.8, 4) is 0 Å². The van der Waals surface area contributed by atoms with Crippen molar-refractivity contribution in [1.29, 1.82) is 0 Å². The number of pyridine rings is 1. The highest BCUT2D eigenvalue weighted by atomic mass is 16.7. The molecule has 1 aromatic rings. The Morgan fingerprint density at radius 1 is 0.929 bits per heavy atom. The van der Waals surface area contributed by atoms with Gasteiger partial charge in [-0.25, -0.2) is 4.99 Å². The minimum absolute atomic E-state index is 0.158. The maximum Gasteiger partial charge on any atom is 0.211 e. The van der Waals surface area contributed by atoms with Crippen LogP contribution in [0.4, 0.5) is 0 Å². The van der Waals surface area contributed by atoms with Crippen LogP contribution in [0.15, 0.2) is 53.7 Å². The zero-order valence-electron chi connectivity index (χ0n) is 17.5. The van der Waals surface area contributed by atoms with Crippen molar-refractivity contribution >= 4 is 5.90 Å². The van der Waals surface area contributed by atoms with Crippen LogP contribution >= 0.6 is 0 Å². The first-order valence-corrected chi connectivity index (χ1v) is 11.1. The third-order valence-corrected chi connectivity index (χ3v) is 4.87. The second-order valence-electron chi connectivity index (χ2n) is 7.38. The molecule has 1 atom stereocenters. The molecule has 2 heterocycles. The quantitative estimate of drug-likeness (QED) is 0.267. The van der Waals surface area contributed by atoms with Gasteiger partial charge in [0.25, 0.3) is 0 Å². The molecule has 2 rings (SSSR count). The molecule has 0 aliphatic carbocycles. The molecule has 154 valence electrons. The molecular formula is C24H37N3O. The minimum Gasteiger partial charge on any atom is -0.391 e. The van der Waals surface area contributed by atoms with E-state index in [-0.39, 0.29) is 6.17 Å². The van der Waals surface area contributed by atoms with Gasteiger partial charge in [-0.1, -0.05) is 69.4 Å². The van der Waals surface area contributed by atoms with E-state index in [0.717, 1.165) is 30.9 Å². The lowest BCUT2D eigenvalue weighted by Gasteiger charge is -2.03. The summed E-state index contributed by atoms with van der Waals surface area (Å²) in [6.45, 7) is 2.25. The van der Waals surface area contributed by atoms with Gasteiger partial charge in [-0.15, -0.1) is 5.48 Å². The van der Waals surface area contributed by atoms with Gasteiger partial charge in [0, 0.05) is 12.6 Å². The van der Waals surface area contributed by atoms with Crippen molar-refractivity contribution in [3.63, 3.8) is 0 Å². The zero-order valence-corrected chi connectivity index (χ0v) is 17.5. The third kappa shape index (κ3) is 9.84. The van der Waals surface area contributed by atoms with Crippen molar-refractivity contribution in [2.75, 3.05) is 0 Å². The summed E-state index contributed by atoms with van der Waals surface area (Å²) in [4.78, 5) is 14.4. The SMILES string of the molecule is CCCCC/C=C/C/C=C/CCCCCCCC1=NC(c2ccccn2)NO1. The van der Waals surface area contributed by atoms with E-state index in [9.17, 15) is 0 Å². The van der Waals surface area contributed by atoms with E-state index in [2.05, 4.69) is 46.7 Å². The second kappa shape index (κ2) is 15.0. The first-order valence-electron chi connectivity index (χ1n) is 11.1. The van der Waals surface area contributed by atoms with Crippen LogP contribution in [0.1, 0.15) is 95.8 Å². The highest BCUT2D eigenvalue weighted by Gasteiger charge is 2.20. The predicted molar refractivity (Wildman–Crippen MR) is 118 cm³/mol. The molecule has 0 spiro atoms. The number of aliphatic imine (C=N–C) groups is 1. The zero-order chi connectivity index (χ0) is 19.7. The molecule has 1 aliphatic rings. The molecule has 0 saturated carbocycles. The number of unbranched alkanes of at least 4 members (excludes halogenated alkanes) is 8. The van der Waals surface area contributed by atoms with E-state index in [1.807, 2.05) is 18.2 Å². The molecule has 1 aromatic heterocycles. The van der Waals surface area contributed by atoms with Crippen LogP contribution < -0.4 is 5.48 Å². The maximum absolute atomic E-state index is 5.48. The largest absolute Gasteiger partial charge is 0.391 e. The normalized spacial score (nSPS) is 16.8. The fourth-order valence-corrected chi connectivity index (χ4v) is 3.19. The van der Waals surface area contributed by atoms with E-state index in [0.29, 0.717) is 0 Å². The Kier molecular flexibility index (Phi) is 12.0. The number of hydroxylamine groups is 1. The number of hydrogen-bond donors (Lipinski definition) is 1. The molecule has 4 heteroatoms. The number of nitrogens with zero attached hydrogens (tertiary/aromatic N) is 2.